The molecule has 6 N–H and O–H groups in total. The van der Waals surface area contributed by atoms with E-state index in [0.29, 0.717) is 12.8 Å². The van der Waals surface area contributed by atoms with Gasteiger partial charge in [0.1, 0.15) is 17.8 Å². The number of hydrogen-bond donors (Lipinski definition) is 4. The standard InChI is InChI=1S/C28H40N4O4/c1-18(2)16-24(26(30)34)32(15-14-20-8-6-5-7-9-20)28(36)23(31-27(35)25(29)19(3)4)17-21-10-12-22(33)13-11-21/h5-13,18-19,23-25,33H,14-17,29H2,1-4H3,(H2,30,34)(H,31,35)/t23-,24-,25-/m0/s1. The number of amides is 3. The molecule has 8 heteroatoms. The van der Waals surface area contributed by atoms with E-state index in [-0.39, 0.29) is 30.6 Å². The number of carbonyl (C=O) groups excluding carboxylic acids is 3. The number of carbonyl (C=O) groups is 3. The van der Waals surface area contributed by atoms with Gasteiger partial charge in [-0.05, 0) is 47.9 Å². The van der Waals surface area contributed by atoms with Gasteiger partial charge in [-0.25, -0.2) is 0 Å². The molecule has 8 nitrogen and oxygen atoms in total. The predicted molar refractivity (Wildman–Crippen MR) is 141 cm³/mol. The highest BCUT2D eigenvalue weighted by molar-refractivity contribution is 5.93. The Kier molecular flexibility index (Phi) is 10.9. The lowest BCUT2D eigenvalue weighted by molar-refractivity contribution is -0.143. The van der Waals surface area contributed by atoms with E-state index in [1.807, 2.05) is 58.0 Å². The quantitative estimate of drug-likeness (QED) is 0.337. The van der Waals surface area contributed by atoms with Crippen LogP contribution in [0.4, 0.5) is 0 Å². The van der Waals surface area contributed by atoms with Crippen LogP contribution >= 0.6 is 0 Å². The summed E-state index contributed by atoms with van der Waals surface area (Å²) in [6, 6.07) is 13.5. The minimum atomic E-state index is -0.961. The molecule has 3 amide bonds. The number of nitrogens with zero attached hydrogens (tertiary/aromatic N) is 1. The van der Waals surface area contributed by atoms with Crippen LogP contribution in [0.5, 0.6) is 5.75 Å². The van der Waals surface area contributed by atoms with E-state index in [0.717, 1.165) is 11.1 Å². The van der Waals surface area contributed by atoms with Crippen LogP contribution in [-0.2, 0) is 27.2 Å². The smallest absolute Gasteiger partial charge is 0.246 e. The van der Waals surface area contributed by atoms with Crippen LogP contribution in [-0.4, -0.2) is 52.4 Å². The first-order chi connectivity index (χ1) is 17.0. The molecule has 3 atom stereocenters. The minimum Gasteiger partial charge on any atom is -0.508 e. The summed E-state index contributed by atoms with van der Waals surface area (Å²) < 4.78 is 0. The van der Waals surface area contributed by atoms with E-state index < -0.39 is 35.8 Å². The van der Waals surface area contributed by atoms with E-state index >= 15 is 0 Å². The van der Waals surface area contributed by atoms with Crippen molar-refractivity contribution in [2.45, 2.75) is 65.1 Å². The van der Waals surface area contributed by atoms with Crippen molar-refractivity contribution >= 4 is 17.7 Å². The molecule has 0 bridgehead atoms. The zero-order chi connectivity index (χ0) is 26.8. The van der Waals surface area contributed by atoms with Gasteiger partial charge in [0.25, 0.3) is 0 Å². The number of hydrogen-bond acceptors (Lipinski definition) is 5. The van der Waals surface area contributed by atoms with Gasteiger partial charge < -0.3 is 26.8 Å². The minimum absolute atomic E-state index is 0.0997. The van der Waals surface area contributed by atoms with Crippen molar-refractivity contribution in [2.75, 3.05) is 6.54 Å². The largest absolute Gasteiger partial charge is 0.508 e. The Bertz CT molecular complexity index is 992. The molecule has 36 heavy (non-hydrogen) atoms. The Labute approximate surface area is 214 Å². The fourth-order valence-electron chi connectivity index (χ4n) is 4.00. The molecule has 0 aliphatic carbocycles. The Balaban J connectivity index is 2.41. The van der Waals surface area contributed by atoms with Crippen LogP contribution in [0.1, 0.15) is 45.2 Å². The maximum atomic E-state index is 14.0. The summed E-state index contributed by atoms with van der Waals surface area (Å²) in [5.41, 5.74) is 13.6. The summed E-state index contributed by atoms with van der Waals surface area (Å²) >= 11 is 0. The third-order valence-corrected chi connectivity index (χ3v) is 6.18. The highest BCUT2D eigenvalue weighted by Crippen LogP contribution is 2.18. The highest BCUT2D eigenvalue weighted by atomic mass is 16.3. The molecule has 2 rings (SSSR count). The first kappa shape index (κ1) is 28.8. The van der Waals surface area contributed by atoms with Gasteiger partial charge in [0.05, 0.1) is 6.04 Å². The Hall–Kier alpha value is -3.39. The van der Waals surface area contributed by atoms with Gasteiger partial charge in [0.15, 0.2) is 0 Å². The molecule has 0 aliphatic rings. The normalized spacial score (nSPS) is 13.8. The molecule has 0 fully saturated rings. The number of nitrogens with one attached hydrogen (secondary N) is 1. The van der Waals surface area contributed by atoms with Gasteiger partial charge in [-0.2, -0.15) is 0 Å². The SMILES string of the molecule is CC(C)C[C@@H](C(N)=O)N(CCc1ccccc1)C(=O)[C@H](Cc1ccc(O)cc1)NC(=O)[C@@H](N)C(C)C. The Morgan fingerprint density at radius 3 is 2.08 bits per heavy atom. The summed E-state index contributed by atoms with van der Waals surface area (Å²) in [7, 11) is 0. The number of benzene rings is 2. The van der Waals surface area contributed by atoms with Crippen LogP contribution in [0.15, 0.2) is 54.6 Å². The fraction of sp³-hybridized carbons (Fsp3) is 0.464. The van der Waals surface area contributed by atoms with E-state index in [1.54, 1.807) is 12.1 Å². The van der Waals surface area contributed by atoms with Crippen molar-refractivity contribution in [2.24, 2.45) is 23.3 Å². The second-order valence-corrected chi connectivity index (χ2v) is 10.0. The number of nitrogens with two attached hydrogens (primary N) is 2. The number of phenolic OH excluding ortho intramolecular Hbond substituents is 1. The summed E-state index contributed by atoms with van der Waals surface area (Å²) in [6.45, 7) is 7.86. The van der Waals surface area contributed by atoms with E-state index in [4.69, 9.17) is 11.5 Å². The fourth-order valence-corrected chi connectivity index (χ4v) is 4.00. The maximum absolute atomic E-state index is 14.0. The molecule has 0 spiro atoms. The number of primary amides is 1. The second kappa shape index (κ2) is 13.6. The summed E-state index contributed by atoms with van der Waals surface area (Å²) in [4.78, 5) is 40.9. The van der Waals surface area contributed by atoms with Crippen molar-refractivity contribution in [3.63, 3.8) is 0 Å². The van der Waals surface area contributed by atoms with Crippen molar-refractivity contribution in [3.8, 4) is 5.75 Å². The lowest BCUT2D eigenvalue weighted by atomic mass is 9.97. The second-order valence-electron chi connectivity index (χ2n) is 10.0. The molecular formula is C28H40N4O4. The highest BCUT2D eigenvalue weighted by Gasteiger charge is 2.34. The molecular weight excluding hydrogens is 456 g/mol. The average molecular weight is 497 g/mol. The van der Waals surface area contributed by atoms with Gasteiger partial charge in [-0.3, -0.25) is 14.4 Å². The van der Waals surface area contributed by atoms with Crippen LogP contribution < -0.4 is 16.8 Å². The van der Waals surface area contributed by atoms with Crippen molar-refractivity contribution in [1.29, 1.82) is 0 Å². The molecule has 0 unspecified atom stereocenters. The molecule has 2 aromatic carbocycles. The summed E-state index contributed by atoms with van der Waals surface area (Å²) in [5, 5.41) is 12.5. The third-order valence-electron chi connectivity index (χ3n) is 6.18. The van der Waals surface area contributed by atoms with Gasteiger partial charge in [-0.15, -0.1) is 0 Å². The average Bonchev–Trinajstić information content (AvgIpc) is 2.83. The zero-order valence-corrected chi connectivity index (χ0v) is 21.7. The lowest BCUT2D eigenvalue weighted by Crippen LogP contribution is -2.58. The Morgan fingerprint density at radius 2 is 1.56 bits per heavy atom. The first-order valence-corrected chi connectivity index (χ1v) is 12.5. The molecule has 0 saturated carbocycles. The van der Waals surface area contributed by atoms with Crippen LogP contribution in [0.25, 0.3) is 0 Å². The molecule has 196 valence electrons. The van der Waals surface area contributed by atoms with Crippen LogP contribution in [0.3, 0.4) is 0 Å². The van der Waals surface area contributed by atoms with E-state index in [1.165, 1.54) is 17.0 Å². The van der Waals surface area contributed by atoms with E-state index in [9.17, 15) is 19.5 Å². The lowest BCUT2D eigenvalue weighted by Gasteiger charge is -2.34. The molecule has 0 aromatic heterocycles. The number of rotatable bonds is 13. The van der Waals surface area contributed by atoms with Crippen molar-refractivity contribution in [1.82, 2.24) is 10.2 Å². The van der Waals surface area contributed by atoms with Gasteiger partial charge in [0.2, 0.25) is 17.7 Å². The van der Waals surface area contributed by atoms with Crippen LogP contribution in [0.2, 0.25) is 0 Å². The van der Waals surface area contributed by atoms with Gasteiger partial charge >= 0.3 is 0 Å². The monoisotopic (exact) mass is 496 g/mol. The molecule has 0 saturated heterocycles. The molecule has 2 aromatic rings. The van der Waals surface area contributed by atoms with Crippen molar-refractivity contribution in [3.05, 3.63) is 65.7 Å². The third kappa shape index (κ3) is 8.68. The zero-order valence-electron chi connectivity index (χ0n) is 21.7. The topological polar surface area (TPSA) is 139 Å². The van der Waals surface area contributed by atoms with Gasteiger partial charge in [0, 0.05) is 13.0 Å². The number of aromatic hydroxyl groups is 1. The molecule has 0 heterocycles. The summed E-state index contributed by atoms with van der Waals surface area (Å²) in [5.74, 6) is -1.32. The van der Waals surface area contributed by atoms with Gasteiger partial charge in [-0.1, -0.05) is 70.2 Å². The molecule has 0 aliphatic heterocycles. The van der Waals surface area contributed by atoms with Crippen molar-refractivity contribution < 1.29 is 19.5 Å². The van der Waals surface area contributed by atoms with E-state index in [2.05, 4.69) is 5.32 Å². The molecule has 0 radical (unpaired) electrons. The predicted octanol–water partition coefficient (Wildman–Crippen LogP) is 2.37. The first-order valence-electron chi connectivity index (χ1n) is 12.5. The maximum Gasteiger partial charge on any atom is 0.246 e. The van der Waals surface area contributed by atoms with Crippen LogP contribution in [0, 0.1) is 11.8 Å². The summed E-state index contributed by atoms with van der Waals surface area (Å²) in [6.07, 6.45) is 1.10. The Morgan fingerprint density at radius 1 is 0.944 bits per heavy atom. The number of phenols is 1.